The molecule has 1 aromatic rings. The maximum absolute atomic E-state index is 5.07. The van der Waals surface area contributed by atoms with Gasteiger partial charge in [-0.3, -0.25) is 0 Å². The molecule has 0 bridgehead atoms. The van der Waals surface area contributed by atoms with Gasteiger partial charge in [0.15, 0.2) is 0 Å². The molecule has 0 amide bonds. The van der Waals surface area contributed by atoms with E-state index in [2.05, 4.69) is 46.7 Å². The van der Waals surface area contributed by atoms with Crippen LogP contribution in [0, 0.1) is 6.92 Å². The average Bonchev–Trinajstić information content (AvgIpc) is 2.82. The van der Waals surface area contributed by atoms with E-state index >= 15 is 0 Å². The zero-order valence-corrected chi connectivity index (χ0v) is 13.6. The zero-order chi connectivity index (χ0) is 15.0. The number of nitrogens with zero attached hydrogens (tertiary/aromatic N) is 3. The standard InChI is InChI=1S/C15H30N4O/c1-6-18(7-2)12-14(4)19-11-13(3)17-15(19)16-9-8-10-20-5/h11,14H,6-10,12H2,1-5H3,(H,16,17). The van der Waals surface area contributed by atoms with E-state index in [0.29, 0.717) is 6.04 Å². The van der Waals surface area contributed by atoms with Crippen LogP contribution >= 0.6 is 0 Å². The Morgan fingerprint density at radius 1 is 1.40 bits per heavy atom. The molecule has 5 heteroatoms. The van der Waals surface area contributed by atoms with Crippen LogP contribution in [0.3, 0.4) is 0 Å². The van der Waals surface area contributed by atoms with Gasteiger partial charge < -0.3 is 19.5 Å². The van der Waals surface area contributed by atoms with Crippen LogP contribution in [-0.2, 0) is 4.74 Å². The largest absolute Gasteiger partial charge is 0.385 e. The number of methoxy groups -OCH3 is 1. The molecule has 1 N–H and O–H groups in total. The lowest BCUT2D eigenvalue weighted by Gasteiger charge is -2.24. The van der Waals surface area contributed by atoms with E-state index in [1.165, 1.54) is 0 Å². The summed E-state index contributed by atoms with van der Waals surface area (Å²) in [6.45, 7) is 13.6. The van der Waals surface area contributed by atoms with Crippen LogP contribution in [0.4, 0.5) is 5.95 Å². The third kappa shape index (κ3) is 5.13. The summed E-state index contributed by atoms with van der Waals surface area (Å²) in [4.78, 5) is 7.02. The van der Waals surface area contributed by atoms with E-state index in [-0.39, 0.29) is 0 Å². The molecule has 0 radical (unpaired) electrons. The fourth-order valence-corrected chi connectivity index (χ4v) is 2.34. The minimum Gasteiger partial charge on any atom is -0.385 e. The number of imidazole rings is 1. The molecule has 0 spiro atoms. The summed E-state index contributed by atoms with van der Waals surface area (Å²) in [5, 5.41) is 3.41. The summed E-state index contributed by atoms with van der Waals surface area (Å²) in [5.41, 5.74) is 1.06. The molecule has 1 heterocycles. The number of rotatable bonds is 10. The van der Waals surface area contributed by atoms with Crippen LogP contribution in [0.2, 0.25) is 0 Å². The molecule has 0 saturated carbocycles. The Bertz CT molecular complexity index is 374. The van der Waals surface area contributed by atoms with Crippen LogP contribution in [0.1, 0.15) is 38.9 Å². The number of nitrogens with one attached hydrogen (secondary N) is 1. The molecule has 1 atom stereocenters. The highest BCUT2D eigenvalue weighted by Gasteiger charge is 2.13. The first-order chi connectivity index (χ1) is 9.62. The van der Waals surface area contributed by atoms with Gasteiger partial charge in [0.2, 0.25) is 5.95 Å². The lowest BCUT2D eigenvalue weighted by molar-refractivity contribution is 0.197. The van der Waals surface area contributed by atoms with Crippen LogP contribution in [-0.4, -0.2) is 54.3 Å². The van der Waals surface area contributed by atoms with E-state index in [1.54, 1.807) is 7.11 Å². The molecule has 0 aliphatic carbocycles. The average molecular weight is 282 g/mol. The highest BCUT2D eigenvalue weighted by atomic mass is 16.5. The Morgan fingerprint density at radius 2 is 2.10 bits per heavy atom. The molecule has 0 saturated heterocycles. The number of likely N-dealkylation sites (N-methyl/N-ethyl adjacent to an activating group) is 1. The summed E-state index contributed by atoms with van der Waals surface area (Å²) in [7, 11) is 1.73. The van der Waals surface area contributed by atoms with Crippen LogP contribution in [0.25, 0.3) is 0 Å². The zero-order valence-electron chi connectivity index (χ0n) is 13.6. The maximum atomic E-state index is 5.07. The number of ether oxygens (including phenoxy) is 1. The highest BCUT2D eigenvalue weighted by Crippen LogP contribution is 2.17. The Balaban J connectivity index is 2.63. The van der Waals surface area contributed by atoms with Crippen molar-refractivity contribution in [3.05, 3.63) is 11.9 Å². The Hall–Kier alpha value is -1.07. The van der Waals surface area contributed by atoms with E-state index < -0.39 is 0 Å². The van der Waals surface area contributed by atoms with E-state index in [1.807, 2.05) is 6.92 Å². The van der Waals surface area contributed by atoms with Crippen LogP contribution < -0.4 is 5.32 Å². The number of hydrogen-bond acceptors (Lipinski definition) is 4. The number of hydrogen-bond donors (Lipinski definition) is 1. The molecule has 1 rings (SSSR count). The van der Waals surface area contributed by atoms with E-state index in [0.717, 1.165) is 50.8 Å². The fraction of sp³-hybridized carbons (Fsp3) is 0.800. The predicted molar refractivity (Wildman–Crippen MR) is 84.4 cm³/mol. The summed E-state index contributed by atoms with van der Waals surface area (Å²) in [5.74, 6) is 0.971. The van der Waals surface area contributed by atoms with E-state index in [9.17, 15) is 0 Å². The molecule has 1 unspecified atom stereocenters. The highest BCUT2D eigenvalue weighted by molar-refractivity contribution is 5.29. The number of aryl methyl sites for hydroxylation is 1. The molecule has 0 aromatic carbocycles. The van der Waals surface area contributed by atoms with Crippen molar-refractivity contribution in [2.24, 2.45) is 0 Å². The second kappa shape index (κ2) is 8.97. The lowest BCUT2D eigenvalue weighted by atomic mass is 10.3. The molecule has 116 valence electrons. The van der Waals surface area contributed by atoms with Gasteiger partial charge in [-0.1, -0.05) is 13.8 Å². The van der Waals surface area contributed by atoms with Crippen molar-refractivity contribution >= 4 is 5.95 Å². The van der Waals surface area contributed by atoms with Crippen molar-refractivity contribution in [2.75, 3.05) is 45.2 Å². The minimum absolute atomic E-state index is 0.418. The van der Waals surface area contributed by atoms with Crippen LogP contribution in [0.5, 0.6) is 0 Å². The summed E-state index contributed by atoms with van der Waals surface area (Å²) < 4.78 is 7.32. The van der Waals surface area contributed by atoms with Gasteiger partial charge in [0.05, 0.1) is 5.69 Å². The summed E-state index contributed by atoms with van der Waals surface area (Å²) in [6.07, 6.45) is 3.12. The van der Waals surface area contributed by atoms with Crippen molar-refractivity contribution in [2.45, 2.75) is 40.2 Å². The SMILES string of the molecule is CCN(CC)CC(C)n1cc(C)nc1NCCCOC. The first-order valence-electron chi connectivity index (χ1n) is 7.62. The number of anilines is 1. The topological polar surface area (TPSA) is 42.3 Å². The first kappa shape index (κ1) is 17.0. The molecule has 1 aromatic heterocycles. The van der Waals surface area contributed by atoms with Crippen molar-refractivity contribution in [3.8, 4) is 0 Å². The third-order valence-corrected chi connectivity index (χ3v) is 3.55. The van der Waals surface area contributed by atoms with Gasteiger partial charge in [-0.25, -0.2) is 4.98 Å². The molecule has 0 fully saturated rings. The van der Waals surface area contributed by atoms with Gasteiger partial charge in [0, 0.05) is 39.0 Å². The summed E-state index contributed by atoms with van der Waals surface area (Å²) >= 11 is 0. The maximum Gasteiger partial charge on any atom is 0.203 e. The second-order valence-electron chi connectivity index (χ2n) is 5.22. The minimum atomic E-state index is 0.418. The van der Waals surface area contributed by atoms with E-state index in [4.69, 9.17) is 4.74 Å². The Labute approximate surface area is 123 Å². The van der Waals surface area contributed by atoms with Crippen molar-refractivity contribution in [1.29, 1.82) is 0 Å². The Kier molecular flexibility index (Phi) is 7.62. The van der Waals surface area contributed by atoms with Gasteiger partial charge in [-0.05, 0) is 33.4 Å². The van der Waals surface area contributed by atoms with Crippen molar-refractivity contribution in [1.82, 2.24) is 14.5 Å². The predicted octanol–water partition coefficient (Wildman–Crippen LogP) is 2.54. The quantitative estimate of drug-likeness (QED) is 0.670. The summed E-state index contributed by atoms with van der Waals surface area (Å²) in [6, 6.07) is 0.418. The second-order valence-corrected chi connectivity index (χ2v) is 5.22. The van der Waals surface area contributed by atoms with Crippen molar-refractivity contribution < 1.29 is 4.74 Å². The smallest absolute Gasteiger partial charge is 0.203 e. The third-order valence-electron chi connectivity index (χ3n) is 3.55. The van der Waals surface area contributed by atoms with Gasteiger partial charge in [-0.2, -0.15) is 0 Å². The molecule has 0 aliphatic heterocycles. The Morgan fingerprint density at radius 3 is 2.70 bits per heavy atom. The van der Waals surface area contributed by atoms with Gasteiger partial charge in [0.1, 0.15) is 0 Å². The lowest BCUT2D eigenvalue weighted by Crippen LogP contribution is -2.30. The molecule has 0 aliphatic rings. The van der Waals surface area contributed by atoms with Crippen LogP contribution in [0.15, 0.2) is 6.20 Å². The van der Waals surface area contributed by atoms with Gasteiger partial charge in [-0.15, -0.1) is 0 Å². The fourth-order valence-electron chi connectivity index (χ4n) is 2.34. The normalized spacial score (nSPS) is 12.9. The number of aromatic nitrogens is 2. The molecule has 5 nitrogen and oxygen atoms in total. The van der Waals surface area contributed by atoms with Gasteiger partial charge in [0.25, 0.3) is 0 Å². The molecular weight excluding hydrogens is 252 g/mol. The van der Waals surface area contributed by atoms with Gasteiger partial charge >= 0.3 is 0 Å². The molecule has 20 heavy (non-hydrogen) atoms. The monoisotopic (exact) mass is 282 g/mol. The first-order valence-corrected chi connectivity index (χ1v) is 7.62. The molecular formula is C15H30N4O. The van der Waals surface area contributed by atoms with Crippen molar-refractivity contribution in [3.63, 3.8) is 0 Å².